The van der Waals surface area contributed by atoms with Crippen molar-refractivity contribution in [2.75, 3.05) is 0 Å². The first-order chi connectivity index (χ1) is 5.83. The van der Waals surface area contributed by atoms with Crippen molar-refractivity contribution in [3.8, 4) is 0 Å². The molecule has 0 aliphatic carbocycles. The third-order valence-electron chi connectivity index (χ3n) is 1.66. The third kappa shape index (κ3) is 0.964. The number of hydrogen-bond acceptors (Lipinski definition) is 3. The summed E-state index contributed by atoms with van der Waals surface area (Å²) in [5.74, 6) is -0.358. The minimum Gasteiger partial charge on any atom is -0.325 e. The van der Waals surface area contributed by atoms with Gasteiger partial charge in [-0.1, -0.05) is 18.2 Å². The predicted octanol–water partition coefficient (Wildman–Crippen LogP) is 0.161. The van der Waals surface area contributed by atoms with Gasteiger partial charge in [-0.2, -0.15) is 0 Å². The summed E-state index contributed by atoms with van der Waals surface area (Å²) in [6.07, 6.45) is 0. The average molecular weight is 179 g/mol. The van der Waals surface area contributed by atoms with E-state index in [1.54, 1.807) is 18.2 Å². The minimum absolute atomic E-state index is 0.311. The van der Waals surface area contributed by atoms with Crippen LogP contribution >= 0.6 is 12.0 Å². The van der Waals surface area contributed by atoms with Gasteiger partial charge in [0.25, 0.3) is 5.91 Å². The highest BCUT2D eigenvalue weighted by molar-refractivity contribution is 8.04. The lowest BCUT2D eigenvalue weighted by Gasteiger charge is -1.87. The first-order valence-electron chi connectivity index (χ1n) is 3.37. The van der Waals surface area contributed by atoms with Crippen LogP contribution in [0.5, 0.6) is 0 Å². The number of benzene rings is 1. The van der Waals surface area contributed by atoms with Crippen molar-refractivity contribution in [2.45, 2.75) is 0 Å². The largest absolute Gasteiger partial charge is 0.325 e. The number of rotatable bonds is 1. The molecular weight excluding hydrogens is 174 g/mol. The van der Waals surface area contributed by atoms with Crippen LogP contribution in [-0.4, -0.2) is 10.5 Å². The van der Waals surface area contributed by atoms with Gasteiger partial charge in [0.2, 0.25) is 0 Å². The molecule has 1 aromatic rings. The van der Waals surface area contributed by atoms with Crippen LogP contribution in [0.4, 0.5) is 0 Å². The van der Waals surface area contributed by atoms with Crippen LogP contribution in [0.25, 0.3) is 4.91 Å². The molecule has 0 unspecified atom stereocenters. The van der Waals surface area contributed by atoms with E-state index in [9.17, 15) is 4.79 Å². The number of nitrogens with zero attached hydrogens (tertiary/aromatic N) is 1. The number of hydrogen-bond donors (Lipinski definition) is 1. The van der Waals surface area contributed by atoms with Crippen LogP contribution in [0.3, 0.4) is 0 Å². The first kappa shape index (κ1) is 7.52. The van der Waals surface area contributed by atoms with Gasteiger partial charge < -0.3 is 4.55 Å². The summed E-state index contributed by atoms with van der Waals surface area (Å²) in [6.45, 7) is 0. The number of carbonyl (C=O) groups is 1. The van der Waals surface area contributed by atoms with E-state index in [2.05, 4.69) is 4.99 Å². The zero-order valence-corrected chi connectivity index (χ0v) is 6.84. The van der Waals surface area contributed by atoms with E-state index in [0.717, 1.165) is 5.22 Å². The zero-order chi connectivity index (χ0) is 8.55. The Morgan fingerprint density at radius 1 is 1.33 bits per heavy atom. The van der Waals surface area contributed by atoms with Gasteiger partial charge in [-0.15, -0.1) is 0 Å². The highest BCUT2D eigenvalue weighted by atomic mass is 32.2. The second-order valence-corrected chi connectivity index (χ2v) is 2.95. The molecule has 0 saturated carbocycles. The van der Waals surface area contributed by atoms with E-state index in [1.807, 2.05) is 6.07 Å². The van der Waals surface area contributed by atoms with Gasteiger partial charge in [0.1, 0.15) is 4.91 Å². The Kier molecular flexibility index (Phi) is 1.71. The van der Waals surface area contributed by atoms with Crippen molar-refractivity contribution in [3.05, 3.63) is 34.8 Å². The Labute approximate surface area is 72.6 Å². The molecule has 2 rings (SSSR count). The Morgan fingerprint density at radius 2 is 2.08 bits per heavy atom. The second kappa shape index (κ2) is 2.73. The van der Waals surface area contributed by atoms with Crippen molar-refractivity contribution in [3.63, 3.8) is 0 Å². The number of para-hydroxylation sites is 1. The second-order valence-electron chi connectivity index (χ2n) is 2.35. The molecule has 1 aliphatic rings. The number of amides is 1. The summed E-state index contributed by atoms with van der Waals surface area (Å²) < 4.78 is 8.78. The Bertz CT molecular complexity index is 452. The van der Waals surface area contributed by atoms with Gasteiger partial charge in [-0.05, 0) is 6.07 Å². The molecule has 0 saturated heterocycles. The predicted molar refractivity (Wildman–Crippen MR) is 45.9 cm³/mol. The van der Waals surface area contributed by atoms with Crippen molar-refractivity contribution in [1.29, 1.82) is 0 Å². The van der Waals surface area contributed by atoms with Crippen molar-refractivity contribution >= 4 is 22.9 Å². The van der Waals surface area contributed by atoms with E-state index in [-0.39, 0.29) is 5.91 Å². The first-order valence-corrected chi connectivity index (χ1v) is 4.14. The number of fused-ring (bicyclic) bond motifs is 1. The molecule has 0 radical (unpaired) electrons. The Morgan fingerprint density at radius 3 is 2.83 bits per heavy atom. The van der Waals surface area contributed by atoms with E-state index in [1.165, 1.54) is 0 Å². The van der Waals surface area contributed by atoms with E-state index < -0.39 is 0 Å². The van der Waals surface area contributed by atoms with Crippen LogP contribution in [0.15, 0.2) is 29.3 Å². The van der Waals surface area contributed by atoms with Gasteiger partial charge in [0.15, 0.2) is 0 Å². The summed E-state index contributed by atoms with van der Waals surface area (Å²) in [5, 5.41) is 1.36. The molecule has 3 nitrogen and oxygen atoms in total. The maximum atomic E-state index is 11.1. The van der Waals surface area contributed by atoms with Crippen LogP contribution in [-0.2, 0) is 4.79 Å². The Hall–Kier alpha value is -1.13. The van der Waals surface area contributed by atoms with Crippen LogP contribution in [0.1, 0.15) is 0 Å². The molecule has 1 heterocycles. The van der Waals surface area contributed by atoms with Gasteiger partial charge >= 0.3 is 0 Å². The molecule has 0 fully saturated rings. The summed E-state index contributed by atoms with van der Waals surface area (Å²) in [4.78, 5) is 15.1. The van der Waals surface area contributed by atoms with Gasteiger partial charge in [0.05, 0.1) is 5.36 Å². The maximum Gasteiger partial charge on any atom is 0.286 e. The summed E-state index contributed by atoms with van der Waals surface area (Å²) >= 11 is 0.457. The smallest absolute Gasteiger partial charge is 0.286 e. The van der Waals surface area contributed by atoms with Gasteiger partial charge in [-0.3, -0.25) is 4.79 Å². The topological polar surface area (TPSA) is 49.7 Å². The lowest BCUT2D eigenvalue weighted by Crippen LogP contribution is -2.21. The normalized spacial score (nSPS) is 14.4. The molecule has 4 heteroatoms. The van der Waals surface area contributed by atoms with Crippen molar-refractivity contribution in [1.82, 2.24) is 0 Å². The lowest BCUT2D eigenvalue weighted by atomic mass is 10.3. The van der Waals surface area contributed by atoms with Gasteiger partial charge in [-0.25, -0.2) is 4.99 Å². The molecular formula is C8H5NO2S. The van der Waals surface area contributed by atoms with E-state index in [4.69, 9.17) is 4.55 Å². The molecule has 0 spiro atoms. The minimum atomic E-state index is -0.358. The van der Waals surface area contributed by atoms with Crippen LogP contribution in [0, 0.1) is 0 Å². The standard InChI is InChI=1S/C8H5NO2S/c10-8-7(12-11)5-3-1-2-4-6(5)9-8/h1-4,11H. The number of carbonyl (C=O) groups excluding carboxylic acids is 1. The van der Waals surface area contributed by atoms with Crippen LogP contribution in [0.2, 0.25) is 0 Å². The molecule has 0 atom stereocenters. The van der Waals surface area contributed by atoms with Gasteiger partial charge in [0, 0.05) is 17.3 Å². The maximum absolute atomic E-state index is 11.1. The molecule has 0 bridgehead atoms. The van der Waals surface area contributed by atoms with E-state index >= 15 is 0 Å². The highest BCUT2D eigenvalue weighted by Crippen LogP contribution is 2.13. The quantitative estimate of drug-likeness (QED) is 0.625. The summed E-state index contributed by atoms with van der Waals surface area (Å²) in [6, 6.07) is 7.13. The summed E-state index contributed by atoms with van der Waals surface area (Å²) in [5.41, 5.74) is 0. The Balaban J connectivity index is 2.88. The lowest BCUT2D eigenvalue weighted by molar-refractivity contribution is -0.112. The summed E-state index contributed by atoms with van der Waals surface area (Å²) in [7, 11) is 0. The molecule has 12 heavy (non-hydrogen) atoms. The van der Waals surface area contributed by atoms with E-state index in [0.29, 0.717) is 22.3 Å². The molecule has 1 aliphatic heterocycles. The third-order valence-corrected chi connectivity index (χ3v) is 2.23. The van der Waals surface area contributed by atoms with Crippen molar-refractivity contribution < 1.29 is 9.35 Å². The monoisotopic (exact) mass is 179 g/mol. The highest BCUT2D eigenvalue weighted by Gasteiger charge is 2.15. The molecule has 1 amide bonds. The van der Waals surface area contributed by atoms with Crippen LogP contribution < -0.4 is 10.6 Å². The SMILES string of the molecule is O=C1N=c2ccccc2=C1SO. The molecule has 0 aromatic heterocycles. The fourth-order valence-corrected chi connectivity index (χ4v) is 1.52. The molecule has 60 valence electrons. The fraction of sp³-hybridized carbons (Fsp3) is 0. The molecule has 1 aromatic carbocycles. The average Bonchev–Trinajstić information content (AvgIpc) is 2.40. The fourth-order valence-electron chi connectivity index (χ4n) is 1.13. The zero-order valence-electron chi connectivity index (χ0n) is 6.02. The molecule has 1 N–H and O–H groups in total. The van der Waals surface area contributed by atoms with Crippen molar-refractivity contribution in [2.24, 2.45) is 4.99 Å².